The van der Waals surface area contributed by atoms with E-state index in [1.807, 2.05) is 0 Å². The molecule has 1 heterocycles. The Balaban J connectivity index is 1.99. The molecule has 0 N–H and O–H groups in total. The lowest BCUT2D eigenvalue weighted by molar-refractivity contribution is 0.419. The maximum atomic E-state index is 14.0. The number of hydrogen-bond donors (Lipinski definition) is 0. The van der Waals surface area contributed by atoms with E-state index in [2.05, 4.69) is 9.97 Å². The summed E-state index contributed by atoms with van der Waals surface area (Å²) in [5, 5.41) is 0.366. The molecule has 0 radical (unpaired) electrons. The fourth-order valence-corrected chi connectivity index (χ4v) is 2.08. The minimum Gasteiger partial charge on any atom is -0.435 e. The number of aromatic nitrogens is 2. The second-order valence-electron chi connectivity index (χ2n) is 5.07. The Hall–Kier alpha value is -1.68. The van der Waals surface area contributed by atoms with Crippen LogP contribution in [0.4, 0.5) is 4.39 Å². The number of benzene rings is 1. The first-order valence-electron chi connectivity index (χ1n) is 6.53. The standard InChI is InChI=1S/C15H14ClFN2O/c1-8-4-3-5-11(12(8)17)20-15-9(2)13(16)18-14(19-15)10-6-7-10/h3-5,10H,6-7H2,1-2H3. The van der Waals surface area contributed by atoms with Gasteiger partial charge in [-0.25, -0.2) is 9.37 Å². The van der Waals surface area contributed by atoms with Crippen LogP contribution in [0.5, 0.6) is 11.6 Å². The molecule has 0 atom stereocenters. The van der Waals surface area contributed by atoms with Gasteiger partial charge >= 0.3 is 0 Å². The molecule has 3 nitrogen and oxygen atoms in total. The zero-order chi connectivity index (χ0) is 14.3. The van der Waals surface area contributed by atoms with Gasteiger partial charge in [0.15, 0.2) is 11.6 Å². The molecule has 1 aromatic heterocycles. The van der Waals surface area contributed by atoms with Crippen molar-refractivity contribution in [2.45, 2.75) is 32.6 Å². The Bertz CT molecular complexity index is 671. The highest BCUT2D eigenvalue weighted by molar-refractivity contribution is 6.30. The summed E-state index contributed by atoms with van der Waals surface area (Å²) in [6.07, 6.45) is 2.13. The maximum absolute atomic E-state index is 14.0. The van der Waals surface area contributed by atoms with Crippen molar-refractivity contribution in [1.82, 2.24) is 9.97 Å². The molecule has 0 bridgehead atoms. The number of ether oxygens (including phenoxy) is 1. The van der Waals surface area contributed by atoms with E-state index in [1.54, 1.807) is 32.0 Å². The number of hydrogen-bond acceptors (Lipinski definition) is 3. The molecule has 20 heavy (non-hydrogen) atoms. The van der Waals surface area contributed by atoms with Gasteiger partial charge < -0.3 is 4.74 Å². The van der Waals surface area contributed by atoms with Gasteiger partial charge in [0.1, 0.15) is 11.0 Å². The Morgan fingerprint density at radius 3 is 2.70 bits per heavy atom. The second kappa shape index (κ2) is 5.02. The lowest BCUT2D eigenvalue weighted by Crippen LogP contribution is -2.01. The molecular weight excluding hydrogens is 279 g/mol. The molecule has 0 aliphatic heterocycles. The van der Waals surface area contributed by atoms with Crippen molar-refractivity contribution in [1.29, 1.82) is 0 Å². The summed E-state index contributed by atoms with van der Waals surface area (Å²) in [5.41, 5.74) is 1.15. The van der Waals surface area contributed by atoms with E-state index in [0.29, 0.717) is 33.9 Å². The van der Waals surface area contributed by atoms with E-state index in [0.717, 1.165) is 12.8 Å². The van der Waals surface area contributed by atoms with Crippen LogP contribution in [0, 0.1) is 19.7 Å². The second-order valence-corrected chi connectivity index (χ2v) is 5.42. The SMILES string of the molecule is Cc1cccc(Oc2nc(C3CC3)nc(Cl)c2C)c1F. The van der Waals surface area contributed by atoms with Gasteiger partial charge in [0, 0.05) is 11.5 Å². The molecule has 0 amide bonds. The van der Waals surface area contributed by atoms with Crippen molar-refractivity contribution >= 4 is 11.6 Å². The monoisotopic (exact) mass is 292 g/mol. The quantitative estimate of drug-likeness (QED) is 0.778. The summed E-state index contributed by atoms with van der Waals surface area (Å²) in [5.74, 6) is 1.15. The largest absolute Gasteiger partial charge is 0.435 e. The van der Waals surface area contributed by atoms with Gasteiger partial charge in [0.2, 0.25) is 5.88 Å². The Labute approximate surface area is 121 Å². The van der Waals surface area contributed by atoms with E-state index < -0.39 is 0 Å². The lowest BCUT2D eigenvalue weighted by atomic mass is 10.2. The smallest absolute Gasteiger partial charge is 0.227 e. The van der Waals surface area contributed by atoms with Crippen LogP contribution in [0.25, 0.3) is 0 Å². The van der Waals surface area contributed by atoms with Crippen LogP contribution in [0.15, 0.2) is 18.2 Å². The van der Waals surface area contributed by atoms with Crippen LogP contribution in [0.3, 0.4) is 0 Å². The first-order valence-corrected chi connectivity index (χ1v) is 6.91. The van der Waals surface area contributed by atoms with Crippen molar-refractivity contribution in [3.63, 3.8) is 0 Å². The van der Waals surface area contributed by atoms with Crippen LogP contribution < -0.4 is 4.74 Å². The van der Waals surface area contributed by atoms with Crippen molar-refractivity contribution in [3.8, 4) is 11.6 Å². The molecule has 0 spiro atoms. The molecule has 1 aromatic carbocycles. The number of rotatable bonds is 3. The van der Waals surface area contributed by atoms with Gasteiger partial charge in [-0.2, -0.15) is 4.98 Å². The Kier molecular flexibility index (Phi) is 3.34. The topological polar surface area (TPSA) is 35.0 Å². The highest BCUT2D eigenvalue weighted by atomic mass is 35.5. The summed E-state index contributed by atoms with van der Waals surface area (Å²) in [4.78, 5) is 8.63. The predicted octanol–water partition coefficient (Wildman–Crippen LogP) is 4.56. The van der Waals surface area contributed by atoms with Gasteiger partial charge in [-0.3, -0.25) is 0 Å². The molecule has 5 heteroatoms. The van der Waals surface area contributed by atoms with E-state index >= 15 is 0 Å². The molecule has 2 aromatic rings. The van der Waals surface area contributed by atoms with Crippen LogP contribution in [-0.2, 0) is 0 Å². The third-order valence-electron chi connectivity index (χ3n) is 3.36. The van der Waals surface area contributed by atoms with E-state index in [9.17, 15) is 4.39 Å². The Morgan fingerprint density at radius 2 is 2.00 bits per heavy atom. The molecule has 3 rings (SSSR count). The van der Waals surface area contributed by atoms with Crippen LogP contribution in [0.2, 0.25) is 5.15 Å². The molecule has 1 saturated carbocycles. The van der Waals surface area contributed by atoms with E-state index in [-0.39, 0.29) is 11.6 Å². The van der Waals surface area contributed by atoms with Gasteiger partial charge in [-0.15, -0.1) is 0 Å². The summed E-state index contributed by atoms with van der Waals surface area (Å²) < 4.78 is 19.6. The lowest BCUT2D eigenvalue weighted by Gasteiger charge is -2.11. The van der Waals surface area contributed by atoms with Crippen molar-refractivity contribution in [3.05, 3.63) is 46.1 Å². The van der Waals surface area contributed by atoms with Crippen LogP contribution in [0.1, 0.15) is 35.7 Å². The minimum atomic E-state index is -0.380. The number of aryl methyl sites for hydroxylation is 1. The summed E-state index contributed by atoms with van der Waals surface area (Å²) in [7, 11) is 0. The van der Waals surface area contributed by atoms with Gasteiger partial charge in [0.25, 0.3) is 0 Å². The number of halogens is 2. The van der Waals surface area contributed by atoms with E-state index in [4.69, 9.17) is 16.3 Å². The van der Waals surface area contributed by atoms with Crippen LogP contribution in [-0.4, -0.2) is 9.97 Å². The molecular formula is C15H14ClFN2O. The average Bonchev–Trinajstić information content (AvgIpc) is 3.24. The fraction of sp³-hybridized carbons (Fsp3) is 0.333. The normalized spacial score (nSPS) is 14.4. The zero-order valence-corrected chi connectivity index (χ0v) is 12.0. The van der Waals surface area contributed by atoms with Crippen molar-refractivity contribution in [2.75, 3.05) is 0 Å². The Morgan fingerprint density at radius 1 is 1.25 bits per heavy atom. The fourth-order valence-electron chi connectivity index (χ4n) is 1.91. The first-order chi connectivity index (χ1) is 9.56. The first kappa shape index (κ1) is 13.3. The van der Waals surface area contributed by atoms with E-state index in [1.165, 1.54) is 0 Å². The predicted molar refractivity (Wildman–Crippen MR) is 75.0 cm³/mol. The molecule has 1 aliphatic carbocycles. The summed E-state index contributed by atoms with van der Waals surface area (Å²) in [6.45, 7) is 3.46. The van der Waals surface area contributed by atoms with Gasteiger partial charge in [-0.05, 0) is 38.3 Å². The average molecular weight is 293 g/mol. The molecule has 0 unspecified atom stereocenters. The third kappa shape index (κ3) is 2.48. The summed E-state index contributed by atoms with van der Waals surface area (Å²) in [6, 6.07) is 5.01. The zero-order valence-electron chi connectivity index (χ0n) is 11.3. The maximum Gasteiger partial charge on any atom is 0.227 e. The highest BCUT2D eigenvalue weighted by Crippen LogP contribution is 2.40. The van der Waals surface area contributed by atoms with Gasteiger partial charge in [0.05, 0.1) is 0 Å². The molecule has 0 saturated heterocycles. The molecule has 1 aliphatic rings. The molecule has 104 valence electrons. The highest BCUT2D eigenvalue weighted by Gasteiger charge is 2.28. The van der Waals surface area contributed by atoms with Crippen molar-refractivity contribution in [2.24, 2.45) is 0 Å². The van der Waals surface area contributed by atoms with Crippen molar-refractivity contribution < 1.29 is 9.13 Å². The number of nitrogens with zero attached hydrogens (tertiary/aromatic N) is 2. The summed E-state index contributed by atoms with van der Waals surface area (Å²) >= 11 is 6.10. The minimum absolute atomic E-state index is 0.157. The third-order valence-corrected chi connectivity index (χ3v) is 3.73. The molecule has 1 fully saturated rings. The van der Waals surface area contributed by atoms with Gasteiger partial charge in [-0.1, -0.05) is 23.7 Å². The van der Waals surface area contributed by atoms with Crippen LogP contribution >= 0.6 is 11.6 Å².